The summed E-state index contributed by atoms with van der Waals surface area (Å²) in [4.78, 5) is 24.8. The zero-order chi connectivity index (χ0) is 25.2. The molecule has 194 valence electrons. The van der Waals surface area contributed by atoms with Crippen molar-refractivity contribution in [3.63, 3.8) is 0 Å². The van der Waals surface area contributed by atoms with Crippen LogP contribution in [0.4, 0.5) is 8.78 Å². The second-order valence-corrected chi connectivity index (χ2v) is 9.58. The standard InChI is InChI=1S/C28H45F2NO3/c1-4-5-6-7-8-9-10-11-12-13-14-15-16-17-20-34-28(33)26(22(2)3)31-27(32)24-21-23(29)18-19-25(24)30/h18-19,21-22,26H,4-17,20H2,1-3H3,(H,31,32). The van der Waals surface area contributed by atoms with Gasteiger partial charge in [0.05, 0.1) is 12.2 Å². The van der Waals surface area contributed by atoms with Crippen LogP contribution in [-0.2, 0) is 9.53 Å². The van der Waals surface area contributed by atoms with Gasteiger partial charge in [0.25, 0.3) is 5.91 Å². The number of esters is 1. The molecule has 1 aromatic rings. The summed E-state index contributed by atoms with van der Waals surface area (Å²) in [6.45, 7) is 6.07. The van der Waals surface area contributed by atoms with Crippen molar-refractivity contribution in [1.29, 1.82) is 0 Å². The van der Waals surface area contributed by atoms with Gasteiger partial charge < -0.3 is 10.1 Å². The number of halogens is 2. The summed E-state index contributed by atoms with van der Waals surface area (Å²) in [5.41, 5.74) is -0.426. The minimum Gasteiger partial charge on any atom is -0.464 e. The van der Waals surface area contributed by atoms with Gasteiger partial charge in [-0.1, -0.05) is 104 Å². The highest BCUT2D eigenvalue weighted by atomic mass is 19.1. The molecule has 6 heteroatoms. The van der Waals surface area contributed by atoms with E-state index in [1.807, 2.05) is 0 Å². The maximum atomic E-state index is 13.8. The molecule has 0 radical (unpaired) electrons. The molecule has 0 aliphatic rings. The average Bonchev–Trinajstić information content (AvgIpc) is 2.81. The van der Waals surface area contributed by atoms with E-state index in [2.05, 4.69) is 12.2 Å². The molecule has 0 aliphatic heterocycles. The van der Waals surface area contributed by atoms with Gasteiger partial charge >= 0.3 is 5.97 Å². The van der Waals surface area contributed by atoms with E-state index in [4.69, 9.17) is 4.74 Å². The summed E-state index contributed by atoms with van der Waals surface area (Å²) >= 11 is 0. The SMILES string of the molecule is CCCCCCCCCCCCCCCCOC(=O)C(NC(=O)c1cc(F)ccc1F)C(C)C. The van der Waals surface area contributed by atoms with Gasteiger partial charge in [-0.05, 0) is 30.5 Å². The fourth-order valence-corrected chi connectivity index (χ4v) is 3.95. The van der Waals surface area contributed by atoms with Crippen LogP contribution in [0.3, 0.4) is 0 Å². The smallest absolute Gasteiger partial charge is 0.328 e. The Labute approximate surface area is 205 Å². The number of nitrogens with one attached hydrogen (secondary N) is 1. The number of carbonyl (C=O) groups excluding carboxylic acids is 2. The van der Waals surface area contributed by atoms with Crippen molar-refractivity contribution in [3.8, 4) is 0 Å². The number of hydrogen-bond acceptors (Lipinski definition) is 3. The van der Waals surface area contributed by atoms with Crippen molar-refractivity contribution < 1.29 is 23.1 Å². The van der Waals surface area contributed by atoms with Crippen LogP contribution in [0.15, 0.2) is 18.2 Å². The first-order chi connectivity index (χ1) is 16.4. The van der Waals surface area contributed by atoms with Crippen molar-refractivity contribution >= 4 is 11.9 Å². The van der Waals surface area contributed by atoms with Crippen LogP contribution in [0.5, 0.6) is 0 Å². The summed E-state index contributed by atoms with van der Waals surface area (Å²) in [6.07, 6.45) is 17.5. The lowest BCUT2D eigenvalue weighted by molar-refractivity contribution is -0.147. The largest absolute Gasteiger partial charge is 0.464 e. The van der Waals surface area contributed by atoms with Crippen LogP contribution in [0.25, 0.3) is 0 Å². The summed E-state index contributed by atoms with van der Waals surface area (Å²) in [5, 5.41) is 2.48. The fraction of sp³-hybridized carbons (Fsp3) is 0.714. The molecule has 1 unspecified atom stereocenters. The van der Waals surface area contributed by atoms with E-state index in [9.17, 15) is 18.4 Å². The molecule has 0 heterocycles. The van der Waals surface area contributed by atoms with Crippen LogP contribution in [0.2, 0.25) is 0 Å². The van der Waals surface area contributed by atoms with E-state index < -0.39 is 35.1 Å². The van der Waals surface area contributed by atoms with Gasteiger partial charge in [-0.3, -0.25) is 4.79 Å². The van der Waals surface area contributed by atoms with Gasteiger partial charge in [0.2, 0.25) is 0 Å². The van der Waals surface area contributed by atoms with Gasteiger partial charge in [0, 0.05) is 0 Å². The van der Waals surface area contributed by atoms with Crippen LogP contribution >= 0.6 is 0 Å². The molecule has 0 saturated heterocycles. The van der Waals surface area contributed by atoms with Crippen molar-refractivity contribution in [2.45, 2.75) is 117 Å². The third kappa shape index (κ3) is 13.0. The molecule has 0 bridgehead atoms. The number of rotatable bonds is 19. The Hall–Kier alpha value is -1.98. The minimum absolute atomic E-state index is 0.246. The molecule has 0 aliphatic carbocycles. The Kier molecular flexibility index (Phi) is 16.2. The lowest BCUT2D eigenvalue weighted by Crippen LogP contribution is -2.45. The van der Waals surface area contributed by atoms with Crippen LogP contribution < -0.4 is 5.32 Å². The summed E-state index contributed by atoms with van der Waals surface area (Å²) in [7, 11) is 0. The van der Waals surface area contributed by atoms with Crippen molar-refractivity contribution in [2.75, 3.05) is 6.61 Å². The highest BCUT2D eigenvalue weighted by Crippen LogP contribution is 2.14. The Morgan fingerprint density at radius 2 is 1.32 bits per heavy atom. The number of unbranched alkanes of at least 4 members (excludes halogenated alkanes) is 13. The van der Waals surface area contributed by atoms with Gasteiger partial charge in [-0.25, -0.2) is 13.6 Å². The predicted molar refractivity (Wildman–Crippen MR) is 134 cm³/mol. The summed E-state index contributed by atoms with van der Waals surface area (Å²) in [6, 6.07) is 1.74. The van der Waals surface area contributed by atoms with E-state index in [0.717, 1.165) is 37.5 Å². The number of ether oxygens (including phenoxy) is 1. The monoisotopic (exact) mass is 481 g/mol. The van der Waals surface area contributed by atoms with Crippen LogP contribution in [-0.4, -0.2) is 24.5 Å². The molecule has 4 nitrogen and oxygen atoms in total. The first-order valence-corrected chi connectivity index (χ1v) is 13.3. The third-order valence-corrected chi connectivity index (χ3v) is 6.12. The average molecular weight is 482 g/mol. The Morgan fingerprint density at radius 3 is 1.82 bits per heavy atom. The van der Waals surface area contributed by atoms with Gasteiger partial charge in [0.1, 0.15) is 17.7 Å². The Morgan fingerprint density at radius 1 is 0.824 bits per heavy atom. The first kappa shape index (κ1) is 30.1. The van der Waals surface area contributed by atoms with Gasteiger partial charge in [0.15, 0.2) is 0 Å². The lowest BCUT2D eigenvalue weighted by atomic mass is 10.0. The second kappa shape index (κ2) is 18.4. The normalized spacial score (nSPS) is 12.1. The first-order valence-electron chi connectivity index (χ1n) is 13.3. The molecule has 1 atom stereocenters. The molecular formula is C28H45F2NO3. The molecule has 34 heavy (non-hydrogen) atoms. The van der Waals surface area contributed by atoms with Crippen molar-refractivity contribution in [2.24, 2.45) is 5.92 Å². The Balaban J connectivity index is 2.14. The highest BCUT2D eigenvalue weighted by Gasteiger charge is 2.27. The van der Waals surface area contributed by atoms with E-state index >= 15 is 0 Å². The molecule has 1 amide bonds. The molecule has 0 saturated carbocycles. The van der Waals surface area contributed by atoms with Crippen molar-refractivity contribution in [3.05, 3.63) is 35.4 Å². The van der Waals surface area contributed by atoms with E-state index in [1.54, 1.807) is 13.8 Å². The van der Waals surface area contributed by atoms with Gasteiger partial charge in [-0.15, -0.1) is 0 Å². The predicted octanol–water partition coefficient (Wildman–Crippen LogP) is 7.74. The maximum absolute atomic E-state index is 13.8. The zero-order valence-electron chi connectivity index (χ0n) is 21.5. The van der Waals surface area contributed by atoms with E-state index in [1.165, 1.54) is 70.6 Å². The van der Waals surface area contributed by atoms with Gasteiger partial charge in [-0.2, -0.15) is 0 Å². The molecular weight excluding hydrogens is 436 g/mol. The van der Waals surface area contributed by atoms with Crippen molar-refractivity contribution in [1.82, 2.24) is 5.32 Å². The lowest BCUT2D eigenvalue weighted by Gasteiger charge is -2.21. The Bertz CT molecular complexity index is 709. The maximum Gasteiger partial charge on any atom is 0.328 e. The second-order valence-electron chi connectivity index (χ2n) is 9.58. The minimum atomic E-state index is -0.915. The number of benzene rings is 1. The fourth-order valence-electron chi connectivity index (χ4n) is 3.95. The molecule has 1 N–H and O–H groups in total. The third-order valence-electron chi connectivity index (χ3n) is 6.12. The van der Waals surface area contributed by atoms with E-state index in [0.29, 0.717) is 6.61 Å². The number of hydrogen-bond donors (Lipinski definition) is 1. The molecule has 0 fully saturated rings. The number of amides is 1. The molecule has 0 aromatic heterocycles. The molecule has 1 aromatic carbocycles. The number of carbonyl (C=O) groups is 2. The highest BCUT2D eigenvalue weighted by molar-refractivity contribution is 5.97. The molecule has 1 rings (SSSR count). The quantitative estimate of drug-likeness (QED) is 0.162. The van der Waals surface area contributed by atoms with Crippen LogP contribution in [0, 0.1) is 17.6 Å². The summed E-state index contributed by atoms with van der Waals surface area (Å²) < 4.78 is 32.5. The zero-order valence-corrected chi connectivity index (χ0v) is 21.5. The summed E-state index contributed by atoms with van der Waals surface area (Å²) in [5.74, 6) is -3.17. The topological polar surface area (TPSA) is 55.4 Å². The molecule has 0 spiro atoms. The van der Waals surface area contributed by atoms with Crippen LogP contribution in [0.1, 0.15) is 121 Å². The van der Waals surface area contributed by atoms with E-state index in [-0.39, 0.29) is 5.92 Å².